The lowest BCUT2D eigenvalue weighted by Gasteiger charge is -2.16. The van der Waals surface area contributed by atoms with Crippen molar-refractivity contribution in [3.05, 3.63) is 39.5 Å². The molecule has 0 aliphatic heterocycles. The Kier molecular flexibility index (Phi) is 5.65. The second kappa shape index (κ2) is 6.78. The van der Waals surface area contributed by atoms with Crippen LogP contribution < -0.4 is 0 Å². The molecule has 100 valence electrons. The van der Waals surface area contributed by atoms with Crippen LogP contribution in [0.4, 0.5) is 0 Å². The number of allylic oxidation sites excluding steroid dienone is 1. The van der Waals surface area contributed by atoms with Crippen LogP contribution in [0.3, 0.4) is 0 Å². The predicted octanol–water partition coefficient (Wildman–Crippen LogP) is 5.82. The van der Waals surface area contributed by atoms with E-state index in [4.69, 9.17) is 0 Å². The lowest BCUT2D eigenvalue weighted by molar-refractivity contribution is 0.730. The molecule has 0 spiro atoms. The highest BCUT2D eigenvalue weighted by Gasteiger charge is 2.09. The van der Waals surface area contributed by atoms with E-state index in [0.29, 0.717) is 0 Å². The fraction of sp³-hybridized carbons (Fsp3) is 0.556. The smallest absolute Gasteiger partial charge is 0.0196 e. The van der Waals surface area contributed by atoms with Crippen LogP contribution in [-0.4, -0.2) is 0 Å². The van der Waals surface area contributed by atoms with Crippen LogP contribution in [0.5, 0.6) is 0 Å². The number of rotatable bonds is 5. The number of hydrogen-bond acceptors (Lipinski definition) is 0. The van der Waals surface area contributed by atoms with Gasteiger partial charge in [-0.2, -0.15) is 0 Å². The summed E-state index contributed by atoms with van der Waals surface area (Å²) in [5.41, 5.74) is 8.68. The van der Waals surface area contributed by atoms with E-state index in [1.807, 2.05) is 0 Å². The zero-order chi connectivity index (χ0) is 13.7. The van der Waals surface area contributed by atoms with Crippen molar-refractivity contribution in [1.29, 1.82) is 0 Å². The Morgan fingerprint density at radius 3 is 1.72 bits per heavy atom. The molecule has 1 aromatic rings. The summed E-state index contributed by atoms with van der Waals surface area (Å²) in [7, 11) is 0. The fourth-order valence-electron chi connectivity index (χ4n) is 2.49. The van der Waals surface area contributed by atoms with E-state index in [-0.39, 0.29) is 0 Å². The van der Waals surface area contributed by atoms with Crippen molar-refractivity contribution in [2.45, 2.75) is 67.2 Å². The van der Waals surface area contributed by atoms with Crippen LogP contribution in [0.1, 0.15) is 66.0 Å². The first-order valence-corrected chi connectivity index (χ1v) is 7.24. The highest BCUT2D eigenvalue weighted by Crippen LogP contribution is 2.27. The predicted molar refractivity (Wildman–Crippen MR) is 83.3 cm³/mol. The van der Waals surface area contributed by atoms with Crippen LogP contribution >= 0.6 is 0 Å². The molecular formula is C18H28. The van der Waals surface area contributed by atoms with Crippen molar-refractivity contribution in [2.24, 2.45) is 0 Å². The van der Waals surface area contributed by atoms with Gasteiger partial charge >= 0.3 is 0 Å². The van der Waals surface area contributed by atoms with Gasteiger partial charge in [0.25, 0.3) is 0 Å². The Hall–Kier alpha value is -1.04. The molecule has 18 heavy (non-hydrogen) atoms. The standard InChI is InChI=1S/C18H28/c1-7-8-9-10-11-12-18-16(5)14(3)13(2)15(4)17(18)6/h11-12H,7-10H2,1-6H3. The molecule has 0 bridgehead atoms. The van der Waals surface area contributed by atoms with Crippen molar-refractivity contribution in [3.8, 4) is 0 Å². The van der Waals surface area contributed by atoms with E-state index in [1.54, 1.807) is 0 Å². The molecule has 0 radical (unpaired) electrons. The summed E-state index contributed by atoms with van der Waals surface area (Å²) in [5.74, 6) is 0. The van der Waals surface area contributed by atoms with Gasteiger partial charge in [-0.1, -0.05) is 31.9 Å². The summed E-state index contributed by atoms with van der Waals surface area (Å²) in [6, 6.07) is 0. The first kappa shape index (κ1) is 15.0. The second-order valence-electron chi connectivity index (χ2n) is 5.44. The molecule has 0 aromatic heterocycles. The van der Waals surface area contributed by atoms with Crippen LogP contribution in [-0.2, 0) is 0 Å². The lowest BCUT2D eigenvalue weighted by Crippen LogP contribution is -1.99. The van der Waals surface area contributed by atoms with Gasteiger partial charge in [0.1, 0.15) is 0 Å². The molecule has 0 nitrogen and oxygen atoms in total. The van der Waals surface area contributed by atoms with Gasteiger partial charge in [0.05, 0.1) is 0 Å². The fourth-order valence-corrected chi connectivity index (χ4v) is 2.49. The summed E-state index contributed by atoms with van der Waals surface area (Å²) in [6.45, 7) is 13.5. The monoisotopic (exact) mass is 244 g/mol. The van der Waals surface area contributed by atoms with E-state index in [9.17, 15) is 0 Å². The van der Waals surface area contributed by atoms with Crippen molar-refractivity contribution in [3.63, 3.8) is 0 Å². The van der Waals surface area contributed by atoms with Gasteiger partial charge in [-0.25, -0.2) is 0 Å². The van der Waals surface area contributed by atoms with Crippen LogP contribution in [0.2, 0.25) is 0 Å². The molecule has 0 saturated carbocycles. The summed E-state index contributed by atoms with van der Waals surface area (Å²) in [4.78, 5) is 0. The second-order valence-corrected chi connectivity index (χ2v) is 5.44. The highest BCUT2D eigenvalue weighted by molar-refractivity contribution is 5.63. The lowest BCUT2D eigenvalue weighted by atomic mass is 9.89. The topological polar surface area (TPSA) is 0 Å². The molecule has 0 heterocycles. The third-order valence-corrected chi connectivity index (χ3v) is 4.32. The van der Waals surface area contributed by atoms with Gasteiger partial charge in [-0.05, 0) is 80.8 Å². The van der Waals surface area contributed by atoms with Gasteiger partial charge < -0.3 is 0 Å². The van der Waals surface area contributed by atoms with Crippen LogP contribution in [0, 0.1) is 34.6 Å². The third kappa shape index (κ3) is 3.25. The Labute approximate surface area is 113 Å². The molecule has 1 aromatic carbocycles. The number of benzene rings is 1. The molecule has 0 unspecified atom stereocenters. The van der Waals surface area contributed by atoms with E-state index in [1.165, 1.54) is 59.1 Å². The van der Waals surface area contributed by atoms with Gasteiger partial charge in [0.2, 0.25) is 0 Å². The molecule has 0 saturated heterocycles. The Balaban J connectivity index is 2.96. The molecule has 0 heteroatoms. The van der Waals surface area contributed by atoms with E-state index < -0.39 is 0 Å². The molecule has 0 N–H and O–H groups in total. The minimum atomic E-state index is 1.21. The largest absolute Gasteiger partial charge is 0.0839 e. The molecular weight excluding hydrogens is 216 g/mol. The third-order valence-electron chi connectivity index (χ3n) is 4.32. The van der Waals surface area contributed by atoms with Gasteiger partial charge in [0.15, 0.2) is 0 Å². The van der Waals surface area contributed by atoms with Crippen LogP contribution in [0.15, 0.2) is 6.08 Å². The average molecular weight is 244 g/mol. The summed E-state index contributed by atoms with van der Waals surface area (Å²) in [5, 5.41) is 0. The summed E-state index contributed by atoms with van der Waals surface area (Å²) < 4.78 is 0. The number of unbranched alkanes of at least 4 members (excludes halogenated alkanes) is 3. The maximum atomic E-state index is 2.35. The molecule has 0 amide bonds. The Morgan fingerprint density at radius 1 is 0.722 bits per heavy atom. The summed E-state index contributed by atoms with van der Waals surface area (Å²) in [6.07, 6.45) is 9.84. The summed E-state index contributed by atoms with van der Waals surface area (Å²) >= 11 is 0. The number of hydrogen-bond donors (Lipinski definition) is 0. The molecule has 0 aliphatic rings. The van der Waals surface area contributed by atoms with E-state index in [0.717, 1.165) is 0 Å². The van der Waals surface area contributed by atoms with Crippen LogP contribution in [0.25, 0.3) is 6.08 Å². The molecule has 0 aliphatic carbocycles. The minimum Gasteiger partial charge on any atom is -0.0839 e. The SMILES string of the molecule is CCCCCC=Cc1c(C)c(C)c(C)c(C)c1C. The Bertz CT molecular complexity index is 407. The van der Waals surface area contributed by atoms with E-state index >= 15 is 0 Å². The van der Waals surface area contributed by atoms with Gasteiger partial charge in [-0.3, -0.25) is 0 Å². The molecule has 0 fully saturated rings. The van der Waals surface area contributed by atoms with Gasteiger partial charge in [0, 0.05) is 0 Å². The zero-order valence-electron chi connectivity index (χ0n) is 13.0. The van der Waals surface area contributed by atoms with E-state index in [2.05, 4.69) is 53.7 Å². The first-order chi connectivity index (χ1) is 8.50. The Morgan fingerprint density at radius 2 is 1.22 bits per heavy atom. The maximum absolute atomic E-state index is 2.35. The molecule has 0 atom stereocenters. The van der Waals surface area contributed by atoms with Crippen molar-refractivity contribution < 1.29 is 0 Å². The van der Waals surface area contributed by atoms with Crippen molar-refractivity contribution >= 4 is 6.08 Å². The zero-order valence-corrected chi connectivity index (χ0v) is 13.0. The minimum absolute atomic E-state index is 1.21. The van der Waals surface area contributed by atoms with Crippen molar-refractivity contribution in [2.75, 3.05) is 0 Å². The quantitative estimate of drug-likeness (QED) is 0.572. The normalized spacial score (nSPS) is 11.4. The first-order valence-electron chi connectivity index (χ1n) is 7.24. The van der Waals surface area contributed by atoms with Crippen molar-refractivity contribution in [1.82, 2.24) is 0 Å². The molecule has 1 rings (SSSR count). The van der Waals surface area contributed by atoms with Gasteiger partial charge in [-0.15, -0.1) is 0 Å². The maximum Gasteiger partial charge on any atom is -0.0196 e. The average Bonchev–Trinajstić information content (AvgIpc) is 2.37. The highest BCUT2D eigenvalue weighted by atomic mass is 14.1.